The monoisotopic (exact) mass is 400 g/mol. The van der Waals surface area contributed by atoms with Crippen molar-refractivity contribution in [1.29, 1.82) is 0 Å². The van der Waals surface area contributed by atoms with E-state index in [0.29, 0.717) is 46.9 Å². The van der Waals surface area contributed by atoms with Gasteiger partial charge in [0.15, 0.2) is 23.0 Å². The molecule has 2 aromatic carbocycles. The van der Waals surface area contributed by atoms with Crippen molar-refractivity contribution in [3.05, 3.63) is 42.0 Å². The summed E-state index contributed by atoms with van der Waals surface area (Å²) < 4.78 is 39.9. The molecule has 0 spiro atoms. The summed E-state index contributed by atoms with van der Waals surface area (Å²) in [4.78, 5) is 0. The van der Waals surface area contributed by atoms with Gasteiger partial charge in [-0.2, -0.15) is 0 Å². The summed E-state index contributed by atoms with van der Waals surface area (Å²) >= 11 is 0. The molecule has 7 nitrogen and oxygen atoms in total. The second-order valence-electron chi connectivity index (χ2n) is 6.72. The van der Waals surface area contributed by atoms with Crippen LogP contribution in [0.5, 0.6) is 40.2 Å². The molecule has 2 aromatic rings. The van der Waals surface area contributed by atoms with E-state index in [-0.39, 0.29) is 18.8 Å². The Morgan fingerprint density at radius 3 is 2.48 bits per heavy atom. The first kappa shape index (κ1) is 19.1. The molecule has 2 atom stereocenters. The third-order valence-electron chi connectivity index (χ3n) is 5.10. The van der Waals surface area contributed by atoms with Crippen molar-refractivity contribution in [1.82, 2.24) is 0 Å². The average Bonchev–Trinajstić information content (AvgIpc) is 3.33. The smallest absolute Gasteiger partial charge is 0.231 e. The fourth-order valence-corrected chi connectivity index (χ4v) is 3.87. The van der Waals surface area contributed by atoms with Crippen molar-refractivity contribution in [3.63, 3.8) is 0 Å². The number of fused-ring (bicyclic) bond motifs is 2. The van der Waals surface area contributed by atoms with E-state index in [4.69, 9.17) is 33.2 Å². The van der Waals surface area contributed by atoms with E-state index in [1.54, 1.807) is 27.4 Å². The highest BCUT2D eigenvalue weighted by atomic mass is 16.7. The summed E-state index contributed by atoms with van der Waals surface area (Å²) in [5, 5.41) is 0. The van der Waals surface area contributed by atoms with E-state index in [2.05, 4.69) is 6.58 Å². The Balaban J connectivity index is 1.85. The molecule has 154 valence electrons. The van der Waals surface area contributed by atoms with Crippen LogP contribution in [0.1, 0.15) is 24.0 Å². The molecule has 2 aliphatic rings. The lowest BCUT2D eigenvalue weighted by Gasteiger charge is -2.18. The summed E-state index contributed by atoms with van der Waals surface area (Å²) in [6, 6.07) is 5.85. The quantitative estimate of drug-likeness (QED) is 0.653. The van der Waals surface area contributed by atoms with E-state index in [0.717, 1.165) is 11.1 Å². The molecule has 7 heteroatoms. The SMILES string of the molecule is C=CCOc1c(OC)cc2c(c1OC)O[C@@H](C)[C@@H]2c1cc(OC)c2c(c1)OCO2. The molecular formula is C22H24O7. The van der Waals surface area contributed by atoms with Gasteiger partial charge >= 0.3 is 0 Å². The van der Waals surface area contributed by atoms with Crippen molar-refractivity contribution in [3.8, 4) is 40.2 Å². The molecule has 29 heavy (non-hydrogen) atoms. The fourth-order valence-electron chi connectivity index (χ4n) is 3.87. The van der Waals surface area contributed by atoms with Crippen LogP contribution in [0.25, 0.3) is 0 Å². The zero-order chi connectivity index (χ0) is 20.5. The number of ether oxygens (including phenoxy) is 7. The molecule has 0 amide bonds. The third kappa shape index (κ3) is 3.06. The molecule has 0 radical (unpaired) electrons. The van der Waals surface area contributed by atoms with Gasteiger partial charge < -0.3 is 33.2 Å². The van der Waals surface area contributed by atoms with Crippen LogP contribution in [-0.2, 0) is 0 Å². The molecule has 0 unspecified atom stereocenters. The number of hydrogen-bond donors (Lipinski definition) is 0. The molecule has 0 fully saturated rings. The lowest BCUT2D eigenvalue weighted by atomic mass is 9.88. The Morgan fingerprint density at radius 1 is 1.00 bits per heavy atom. The molecule has 0 saturated carbocycles. The maximum Gasteiger partial charge on any atom is 0.231 e. The minimum atomic E-state index is -0.150. The number of rotatable bonds is 7. The second-order valence-corrected chi connectivity index (χ2v) is 6.72. The van der Waals surface area contributed by atoms with Crippen molar-refractivity contribution in [2.45, 2.75) is 18.9 Å². The maximum atomic E-state index is 6.21. The highest BCUT2D eigenvalue weighted by molar-refractivity contribution is 5.67. The predicted molar refractivity (Wildman–Crippen MR) is 106 cm³/mol. The van der Waals surface area contributed by atoms with E-state index in [1.165, 1.54) is 0 Å². The standard InChI is InChI=1S/C22H24O7/c1-6-7-26-21-16(24-4)10-14-18(12(2)29-19(14)22(21)25-5)13-8-15(23-3)20-17(9-13)27-11-28-20/h6,8-10,12,18H,1,7,11H2,2-5H3/t12-,18+/m0/s1. The lowest BCUT2D eigenvalue weighted by Crippen LogP contribution is -2.15. The first-order valence-corrected chi connectivity index (χ1v) is 9.29. The summed E-state index contributed by atoms with van der Waals surface area (Å²) in [5.74, 6) is 4.02. The largest absolute Gasteiger partial charge is 0.493 e. The van der Waals surface area contributed by atoms with Gasteiger partial charge in [0.1, 0.15) is 12.7 Å². The lowest BCUT2D eigenvalue weighted by molar-refractivity contribution is 0.171. The Labute approximate surface area is 169 Å². The van der Waals surface area contributed by atoms with Crippen LogP contribution in [0.3, 0.4) is 0 Å². The normalized spacial score (nSPS) is 18.6. The molecule has 2 heterocycles. The molecule has 0 N–H and O–H groups in total. The molecule has 0 aromatic heterocycles. The van der Waals surface area contributed by atoms with Crippen molar-refractivity contribution < 1.29 is 33.2 Å². The van der Waals surface area contributed by atoms with Gasteiger partial charge in [0, 0.05) is 11.5 Å². The van der Waals surface area contributed by atoms with Crippen LogP contribution < -0.4 is 33.2 Å². The number of benzene rings is 2. The zero-order valence-corrected chi connectivity index (χ0v) is 16.9. The van der Waals surface area contributed by atoms with Gasteiger partial charge in [0.25, 0.3) is 0 Å². The van der Waals surface area contributed by atoms with Crippen molar-refractivity contribution >= 4 is 0 Å². The molecule has 0 aliphatic carbocycles. The number of methoxy groups -OCH3 is 3. The Bertz CT molecular complexity index is 937. The number of hydrogen-bond acceptors (Lipinski definition) is 7. The topological polar surface area (TPSA) is 64.6 Å². The van der Waals surface area contributed by atoms with Gasteiger partial charge in [0.2, 0.25) is 24.0 Å². The maximum absolute atomic E-state index is 6.21. The van der Waals surface area contributed by atoms with E-state index < -0.39 is 0 Å². The van der Waals surface area contributed by atoms with Crippen LogP contribution in [-0.4, -0.2) is 40.8 Å². The van der Waals surface area contributed by atoms with Gasteiger partial charge in [-0.05, 0) is 30.7 Å². The zero-order valence-electron chi connectivity index (χ0n) is 16.9. The van der Waals surface area contributed by atoms with Gasteiger partial charge in [-0.3, -0.25) is 0 Å². The van der Waals surface area contributed by atoms with Crippen LogP contribution in [0.2, 0.25) is 0 Å². The first-order chi connectivity index (χ1) is 14.1. The molecule has 0 bridgehead atoms. The van der Waals surface area contributed by atoms with Crippen LogP contribution in [0.4, 0.5) is 0 Å². The highest BCUT2D eigenvalue weighted by Crippen LogP contribution is 2.56. The van der Waals surface area contributed by atoms with E-state index in [1.807, 2.05) is 25.1 Å². The Morgan fingerprint density at radius 2 is 1.79 bits per heavy atom. The van der Waals surface area contributed by atoms with E-state index >= 15 is 0 Å². The Hall–Kier alpha value is -3.22. The van der Waals surface area contributed by atoms with Crippen LogP contribution in [0.15, 0.2) is 30.9 Å². The van der Waals surface area contributed by atoms with E-state index in [9.17, 15) is 0 Å². The van der Waals surface area contributed by atoms with Gasteiger partial charge in [-0.15, -0.1) is 0 Å². The minimum Gasteiger partial charge on any atom is -0.493 e. The van der Waals surface area contributed by atoms with Gasteiger partial charge in [-0.1, -0.05) is 12.7 Å². The van der Waals surface area contributed by atoms with Crippen molar-refractivity contribution in [2.24, 2.45) is 0 Å². The van der Waals surface area contributed by atoms with Crippen LogP contribution >= 0.6 is 0 Å². The van der Waals surface area contributed by atoms with Crippen molar-refractivity contribution in [2.75, 3.05) is 34.7 Å². The fraction of sp³-hybridized carbons (Fsp3) is 0.364. The molecule has 0 saturated heterocycles. The minimum absolute atomic E-state index is 0.0790. The van der Waals surface area contributed by atoms with Gasteiger partial charge in [0.05, 0.1) is 21.3 Å². The molecule has 2 aliphatic heterocycles. The second kappa shape index (κ2) is 7.66. The summed E-state index contributed by atoms with van der Waals surface area (Å²) in [5.41, 5.74) is 1.93. The predicted octanol–water partition coefficient (Wildman–Crippen LogP) is 3.92. The first-order valence-electron chi connectivity index (χ1n) is 9.29. The summed E-state index contributed by atoms with van der Waals surface area (Å²) in [6.45, 7) is 6.21. The molecule has 4 rings (SSSR count). The third-order valence-corrected chi connectivity index (χ3v) is 5.10. The van der Waals surface area contributed by atoms with Gasteiger partial charge in [-0.25, -0.2) is 0 Å². The highest BCUT2D eigenvalue weighted by Gasteiger charge is 2.39. The molecular weight excluding hydrogens is 376 g/mol. The van der Waals surface area contributed by atoms with Crippen LogP contribution in [0, 0.1) is 0 Å². The summed E-state index contributed by atoms with van der Waals surface area (Å²) in [7, 11) is 4.79. The Kier molecular flexibility index (Phi) is 5.05. The average molecular weight is 400 g/mol. The summed E-state index contributed by atoms with van der Waals surface area (Å²) in [6.07, 6.45) is 1.51.